The van der Waals surface area contributed by atoms with Gasteiger partial charge in [0.15, 0.2) is 0 Å². The molecule has 1 heterocycles. The molecule has 3 rings (SSSR count). The van der Waals surface area contributed by atoms with E-state index in [2.05, 4.69) is 10.3 Å². The first-order chi connectivity index (χ1) is 10.1. The van der Waals surface area contributed by atoms with Gasteiger partial charge in [-0.3, -0.25) is 9.59 Å². The van der Waals surface area contributed by atoms with Crippen LogP contribution in [0, 0.1) is 6.92 Å². The number of rotatable bonds is 2. The van der Waals surface area contributed by atoms with E-state index in [4.69, 9.17) is 0 Å². The van der Waals surface area contributed by atoms with Crippen LogP contribution in [-0.2, 0) is 7.05 Å². The van der Waals surface area contributed by atoms with E-state index in [1.54, 1.807) is 7.05 Å². The molecule has 0 spiro atoms. The Kier molecular flexibility index (Phi) is 3.57. The number of nitrogens with one attached hydrogen (secondary N) is 2. The second-order valence-corrected chi connectivity index (χ2v) is 5.95. The van der Waals surface area contributed by atoms with Gasteiger partial charge in [-0.05, 0) is 31.4 Å². The number of benzene rings is 1. The zero-order valence-electron chi connectivity index (χ0n) is 12.5. The van der Waals surface area contributed by atoms with Crippen molar-refractivity contribution in [2.45, 2.75) is 45.1 Å². The number of aromatic amines is 1. The molecule has 1 aromatic carbocycles. The minimum Gasteiger partial charge on any atom is -0.380 e. The highest BCUT2D eigenvalue weighted by molar-refractivity contribution is 5.89. The van der Waals surface area contributed by atoms with E-state index >= 15 is 0 Å². The summed E-state index contributed by atoms with van der Waals surface area (Å²) in [4.78, 5) is 26.3. The summed E-state index contributed by atoms with van der Waals surface area (Å²) >= 11 is 0. The van der Waals surface area contributed by atoms with Crippen LogP contribution in [0.4, 0.5) is 5.69 Å². The minimum absolute atomic E-state index is 0.448. The highest BCUT2D eigenvalue weighted by atomic mass is 16.2. The van der Waals surface area contributed by atoms with Crippen molar-refractivity contribution in [2.24, 2.45) is 7.05 Å². The lowest BCUT2D eigenvalue weighted by atomic mass is 9.95. The monoisotopic (exact) mass is 287 g/mol. The summed E-state index contributed by atoms with van der Waals surface area (Å²) in [6.07, 6.45) is 6.11. The van der Waals surface area contributed by atoms with Gasteiger partial charge in [0.25, 0.3) is 0 Å². The predicted octanol–water partition coefficient (Wildman–Crippen LogP) is 2.28. The number of aryl methyl sites for hydroxylation is 2. The Morgan fingerprint density at radius 2 is 1.90 bits per heavy atom. The number of hydrogen-bond acceptors (Lipinski definition) is 3. The molecule has 0 aliphatic heterocycles. The molecule has 0 radical (unpaired) electrons. The highest BCUT2D eigenvalue weighted by Gasteiger charge is 2.17. The molecule has 21 heavy (non-hydrogen) atoms. The SMILES string of the molecule is Cc1ccc2c([nH]c(=O)c(=O)n2C)c1NC1CCCCC1. The Labute approximate surface area is 123 Å². The molecule has 1 aromatic heterocycles. The highest BCUT2D eigenvalue weighted by Crippen LogP contribution is 2.28. The third kappa shape index (κ3) is 2.48. The Morgan fingerprint density at radius 3 is 2.62 bits per heavy atom. The van der Waals surface area contributed by atoms with Gasteiger partial charge in [0.1, 0.15) is 0 Å². The van der Waals surface area contributed by atoms with Crippen LogP contribution in [0.3, 0.4) is 0 Å². The van der Waals surface area contributed by atoms with Gasteiger partial charge >= 0.3 is 11.1 Å². The summed E-state index contributed by atoms with van der Waals surface area (Å²) in [6.45, 7) is 2.02. The standard InChI is InChI=1S/C16H21N3O2/c1-10-8-9-12-14(18-15(20)16(21)19(12)2)13(10)17-11-6-4-3-5-7-11/h8-9,11,17H,3-7H2,1-2H3,(H,18,20). The fourth-order valence-corrected chi connectivity index (χ4v) is 3.17. The van der Waals surface area contributed by atoms with Crippen LogP contribution in [0.5, 0.6) is 0 Å². The molecule has 0 atom stereocenters. The van der Waals surface area contributed by atoms with Crippen LogP contribution >= 0.6 is 0 Å². The fourth-order valence-electron chi connectivity index (χ4n) is 3.17. The molecule has 0 unspecified atom stereocenters. The minimum atomic E-state index is -0.567. The van der Waals surface area contributed by atoms with Crippen molar-refractivity contribution in [1.82, 2.24) is 9.55 Å². The first kappa shape index (κ1) is 13.9. The van der Waals surface area contributed by atoms with Gasteiger partial charge in [-0.1, -0.05) is 25.3 Å². The zero-order valence-corrected chi connectivity index (χ0v) is 12.5. The van der Waals surface area contributed by atoms with E-state index in [1.165, 1.54) is 23.8 Å². The number of aromatic nitrogens is 2. The van der Waals surface area contributed by atoms with Gasteiger partial charge in [-0.25, -0.2) is 0 Å². The summed E-state index contributed by atoms with van der Waals surface area (Å²) in [7, 11) is 1.64. The molecule has 5 nitrogen and oxygen atoms in total. The summed E-state index contributed by atoms with van der Waals surface area (Å²) in [5.74, 6) is 0. The van der Waals surface area contributed by atoms with Crippen LogP contribution in [0.1, 0.15) is 37.7 Å². The fraction of sp³-hybridized carbons (Fsp3) is 0.500. The van der Waals surface area contributed by atoms with Crippen molar-refractivity contribution >= 4 is 16.7 Å². The largest absolute Gasteiger partial charge is 0.380 e. The molecule has 2 N–H and O–H groups in total. The summed E-state index contributed by atoms with van der Waals surface area (Å²) in [5.41, 5.74) is 2.43. The van der Waals surface area contributed by atoms with E-state index in [0.717, 1.165) is 35.1 Å². The van der Waals surface area contributed by atoms with E-state index in [0.29, 0.717) is 6.04 Å². The summed E-state index contributed by atoms with van der Waals surface area (Å²) < 4.78 is 1.42. The van der Waals surface area contributed by atoms with Crippen molar-refractivity contribution in [1.29, 1.82) is 0 Å². The Bertz CT molecular complexity index is 782. The van der Waals surface area contributed by atoms with Crippen LogP contribution in [0.2, 0.25) is 0 Å². The Morgan fingerprint density at radius 1 is 1.19 bits per heavy atom. The second-order valence-electron chi connectivity index (χ2n) is 5.95. The van der Waals surface area contributed by atoms with Crippen molar-refractivity contribution in [3.63, 3.8) is 0 Å². The molecule has 0 saturated heterocycles. The lowest BCUT2D eigenvalue weighted by molar-refractivity contribution is 0.463. The van der Waals surface area contributed by atoms with Gasteiger partial charge in [0.2, 0.25) is 0 Å². The first-order valence-electron chi connectivity index (χ1n) is 7.57. The maximum atomic E-state index is 11.8. The summed E-state index contributed by atoms with van der Waals surface area (Å²) in [5, 5.41) is 3.58. The van der Waals surface area contributed by atoms with Crippen molar-refractivity contribution < 1.29 is 0 Å². The van der Waals surface area contributed by atoms with Gasteiger partial charge in [-0.2, -0.15) is 0 Å². The lowest BCUT2D eigenvalue weighted by Gasteiger charge is -2.25. The van der Waals surface area contributed by atoms with Gasteiger partial charge in [0.05, 0.1) is 16.7 Å². The van der Waals surface area contributed by atoms with Crippen LogP contribution in [-0.4, -0.2) is 15.6 Å². The molecule has 1 aliphatic rings. The van der Waals surface area contributed by atoms with E-state index in [1.807, 2.05) is 19.1 Å². The van der Waals surface area contributed by atoms with Gasteiger partial charge in [0, 0.05) is 13.1 Å². The average Bonchev–Trinajstić information content (AvgIpc) is 2.49. The Balaban J connectivity index is 2.14. The smallest absolute Gasteiger partial charge is 0.316 e. The van der Waals surface area contributed by atoms with E-state index in [-0.39, 0.29) is 0 Å². The Hall–Kier alpha value is -2.04. The molecule has 5 heteroatoms. The molecule has 0 bridgehead atoms. The number of fused-ring (bicyclic) bond motifs is 1. The van der Waals surface area contributed by atoms with Crippen LogP contribution in [0.15, 0.2) is 21.7 Å². The maximum absolute atomic E-state index is 11.8. The lowest BCUT2D eigenvalue weighted by Crippen LogP contribution is -2.35. The molecule has 1 saturated carbocycles. The number of nitrogens with zero attached hydrogens (tertiary/aromatic N) is 1. The van der Waals surface area contributed by atoms with E-state index < -0.39 is 11.1 Å². The van der Waals surface area contributed by atoms with Crippen molar-refractivity contribution in [2.75, 3.05) is 5.32 Å². The predicted molar refractivity (Wildman–Crippen MR) is 85.0 cm³/mol. The quantitative estimate of drug-likeness (QED) is 0.833. The van der Waals surface area contributed by atoms with Crippen molar-refractivity contribution in [3.05, 3.63) is 38.4 Å². The van der Waals surface area contributed by atoms with Gasteiger partial charge in [-0.15, -0.1) is 0 Å². The topological polar surface area (TPSA) is 66.9 Å². The first-order valence-corrected chi connectivity index (χ1v) is 7.57. The average molecular weight is 287 g/mol. The van der Waals surface area contributed by atoms with E-state index in [9.17, 15) is 9.59 Å². The third-order valence-electron chi connectivity index (χ3n) is 4.44. The molecule has 1 aliphatic carbocycles. The molecular formula is C16H21N3O2. The van der Waals surface area contributed by atoms with Crippen molar-refractivity contribution in [3.8, 4) is 0 Å². The number of hydrogen-bond donors (Lipinski definition) is 2. The number of anilines is 1. The molecule has 0 amide bonds. The summed E-state index contributed by atoms with van der Waals surface area (Å²) in [6, 6.07) is 4.32. The number of H-pyrrole nitrogens is 1. The maximum Gasteiger partial charge on any atom is 0.316 e. The second kappa shape index (κ2) is 5.39. The molecule has 1 fully saturated rings. The van der Waals surface area contributed by atoms with Gasteiger partial charge < -0.3 is 14.9 Å². The molecular weight excluding hydrogens is 266 g/mol. The van der Waals surface area contributed by atoms with Crippen LogP contribution in [0.25, 0.3) is 11.0 Å². The molecule has 2 aromatic rings. The van der Waals surface area contributed by atoms with Crippen LogP contribution < -0.4 is 16.4 Å². The normalized spacial score (nSPS) is 16.3. The third-order valence-corrected chi connectivity index (χ3v) is 4.44. The molecule has 112 valence electrons. The zero-order chi connectivity index (χ0) is 15.0.